The van der Waals surface area contributed by atoms with Gasteiger partial charge in [-0.1, -0.05) is 18.2 Å². The van der Waals surface area contributed by atoms with Crippen molar-refractivity contribution in [3.05, 3.63) is 29.8 Å². The third-order valence-electron chi connectivity index (χ3n) is 3.85. The van der Waals surface area contributed by atoms with Crippen LogP contribution in [0, 0.1) is 0 Å². The number of fused-ring (bicyclic) bond motifs is 1. The Balaban J connectivity index is 1.41. The molecule has 19 heavy (non-hydrogen) atoms. The molecule has 0 saturated heterocycles. The van der Waals surface area contributed by atoms with Crippen molar-refractivity contribution in [3.8, 4) is 5.75 Å². The van der Waals surface area contributed by atoms with E-state index in [9.17, 15) is 4.79 Å². The third-order valence-corrected chi connectivity index (χ3v) is 3.85. The van der Waals surface area contributed by atoms with E-state index in [4.69, 9.17) is 4.74 Å². The molecule has 1 unspecified atom stereocenters. The first kappa shape index (κ1) is 12.5. The second kappa shape index (κ2) is 5.21. The number of nitrogens with one attached hydrogen (secondary N) is 1. The summed E-state index contributed by atoms with van der Waals surface area (Å²) in [7, 11) is 1.89. The molecule has 4 nitrogen and oxygen atoms in total. The molecule has 1 aromatic rings. The van der Waals surface area contributed by atoms with E-state index < -0.39 is 0 Å². The Morgan fingerprint density at radius 3 is 2.95 bits per heavy atom. The lowest BCUT2D eigenvalue weighted by atomic mass is 10.1. The van der Waals surface area contributed by atoms with E-state index in [0.717, 1.165) is 31.6 Å². The van der Waals surface area contributed by atoms with Gasteiger partial charge in [0.05, 0.1) is 6.54 Å². The summed E-state index contributed by atoms with van der Waals surface area (Å²) in [5.41, 5.74) is 1.26. The van der Waals surface area contributed by atoms with Gasteiger partial charge in [0.25, 0.3) is 0 Å². The zero-order valence-electron chi connectivity index (χ0n) is 11.3. The van der Waals surface area contributed by atoms with Gasteiger partial charge < -0.3 is 15.0 Å². The van der Waals surface area contributed by atoms with E-state index in [1.807, 2.05) is 30.1 Å². The highest BCUT2D eigenvalue weighted by Gasteiger charge is 2.29. The van der Waals surface area contributed by atoms with Gasteiger partial charge in [-0.2, -0.15) is 0 Å². The molecule has 2 aliphatic rings. The summed E-state index contributed by atoms with van der Waals surface area (Å²) in [5.74, 6) is 1.16. The number of carbonyl (C=O) groups excluding carboxylic acids is 1. The van der Waals surface area contributed by atoms with Gasteiger partial charge in [0, 0.05) is 26.1 Å². The summed E-state index contributed by atoms with van der Waals surface area (Å²) in [6.07, 6.45) is 3.39. The van der Waals surface area contributed by atoms with Crippen LogP contribution >= 0.6 is 0 Å². The smallest absolute Gasteiger partial charge is 0.236 e. The number of nitrogens with zero attached hydrogens (tertiary/aromatic N) is 1. The summed E-state index contributed by atoms with van der Waals surface area (Å²) in [4.78, 5) is 13.7. The van der Waals surface area contributed by atoms with Gasteiger partial charge in [-0.25, -0.2) is 0 Å². The van der Waals surface area contributed by atoms with Gasteiger partial charge in [-0.3, -0.25) is 4.79 Å². The van der Waals surface area contributed by atoms with Gasteiger partial charge in [-0.05, 0) is 24.5 Å². The van der Waals surface area contributed by atoms with Crippen LogP contribution in [0.4, 0.5) is 0 Å². The SMILES string of the molecule is CN(C(=O)CNCC1Cc2ccccc2O1)C1CC1. The van der Waals surface area contributed by atoms with Crippen LogP contribution in [0.3, 0.4) is 0 Å². The molecule has 1 aliphatic heterocycles. The van der Waals surface area contributed by atoms with Crippen molar-refractivity contribution in [3.63, 3.8) is 0 Å². The first-order valence-electron chi connectivity index (χ1n) is 6.95. The third kappa shape index (κ3) is 2.89. The van der Waals surface area contributed by atoms with Crippen molar-refractivity contribution in [2.45, 2.75) is 31.4 Å². The molecular weight excluding hydrogens is 240 g/mol. The molecule has 1 heterocycles. The second-order valence-corrected chi connectivity index (χ2v) is 5.42. The molecule has 4 heteroatoms. The number of ether oxygens (including phenoxy) is 1. The van der Waals surface area contributed by atoms with E-state index in [2.05, 4.69) is 11.4 Å². The molecular formula is C15H20N2O2. The molecule has 0 spiro atoms. The Labute approximate surface area is 113 Å². The Kier molecular flexibility index (Phi) is 3.42. The number of carbonyl (C=O) groups is 1. The quantitative estimate of drug-likeness (QED) is 0.865. The van der Waals surface area contributed by atoms with Gasteiger partial charge in [0.2, 0.25) is 5.91 Å². The van der Waals surface area contributed by atoms with Crippen LogP contribution in [0.2, 0.25) is 0 Å². The number of rotatable bonds is 5. The molecule has 1 amide bonds. The zero-order chi connectivity index (χ0) is 13.2. The van der Waals surface area contributed by atoms with Gasteiger partial charge in [0.15, 0.2) is 0 Å². The molecule has 0 bridgehead atoms. The monoisotopic (exact) mass is 260 g/mol. The lowest BCUT2D eigenvalue weighted by molar-refractivity contribution is -0.129. The van der Waals surface area contributed by atoms with Gasteiger partial charge in [-0.15, -0.1) is 0 Å². The number of likely N-dealkylation sites (N-methyl/N-ethyl adjacent to an activating group) is 1. The van der Waals surface area contributed by atoms with Gasteiger partial charge in [0.1, 0.15) is 11.9 Å². The molecule has 0 radical (unpaired) electrons. The Bertz CT molecular complexity index is 446. The van der Waals surface area contributed by atoms with Crippen LogP contribution in [0.1, 0.15) is 18.4 Å². The maximum absolute atomic E-state index is 11.8. The van der Waals surface area contributed by atoms with Crippen LogP contribution in [0.25, 0.3) is 0 Å². The lowest BCUT2D eigenvalue weighted by Gasteiger charge is -2.17. The van der Waals surface area contributed by atoms with E-state index in [1.165, 1.54) is 5.56 Å². The average molecular weight is 260 g/mol. The standard InChI is InChI=1S/C15H20N2O2/c1-17(12-6-7-12)15(18)10-16-9-13-8-11-4-2-3-5-14(11)19-13/h2-5,12-13,16H,6-10H2,1H3. The molecule has 1 atom stereocenters. The van der Waals surface area contributed by atoms with Crippen LogP contribution in [0.15, 0.2) is 24.3 Å². The number of hydrogen-bond donors (Lipinski definition) is 1. The fourth-order valence-corrected chi connectivity index (χ4v) is 2.50. The summed E-state index contributed by atoms with van der Waals surface area (Å²) >= 11 is 0. The van der Waals surface area contributed by atoms with E-state index in [-0.39, 0.29) is 12.0 Å². The van der Waals surface area contributed by atoms with Crippen molar-refractivity contribution in [2.75, 3.05) is 20.1 Å². The number of amides is 1. The number of benzene rings is 1. The summed E-state index contributed by atoms with van der Waals surface area (Å²) in [5, 5.41) is 3.21. The van der Waals surface area contributed by atoms with Crippen molar-refractivity contribution >= 4 is 5.91 Å². The molecule has 1 aliphatic carbocycles. The minimum atomic E-state index is 0.149. The first-order valence-corrected chi connectivity index (χ1v) is 6.95. The van der Waals surface area contributed by atoms with Crippen molar-refractivity contribution in [2.24, 2.45) is 0 Å². The average Bonchev–Trinajstić information content (AvgIpc) is 3.17. The Morgan fingerprint density at radius 2 is 2.21 bits per heavy atom. The fraction of sp³-hybridized carbons (Fsp3) is 0.533. The van der Waals surface area contributed by atoms with Crippen LogP contribution < -0.4 is 10.1 Å². The Morgan fingerprint density at radius 1 is 1.42 bits per heavy atom. The van der Waals surface area contributed by atoms with Crippen LogP contribution in [-0.4, -0.2) is 43.1 Å². The molecule has 1 saturated carbocycles. The maximum atomic E-state index is 11.8. The Hall–Kier alpha value is -1.55. The van der Waals surface area contributed by atoms with Crippen LogP contribution in [-0.2, 0) is 11.2 Å². The minimum absolute atomic E-state index is 0.149. The second-order valence-electron chi connectivity index (χ2n) is 5.42. The van der Waals surface area contributed by atoms with E-state index in [0.29, 0.717) is 12.6 Å². The van der Waals surface area contributed by atoms with E-state index in [1.54, 1.807) is 0 Å². The minimum Gasteiger partial charge on any atom is -0.488 e. The molecule has 3 rings (SSSR count). The predicted octanol–water partition coefficient (Wildman–Crippen LogP) is 1.20. The molecule has 1 N–H and O–H groups in total. The van der Waals surface area contributed by atoms with Crippen molar-refractivity contribution in [1.82, 2.24) is 10.2 Å². The fourth-order valence-electron chi connectivity index (χ4n) is 2.50. The predicted molar refractivity (Wildman–Crippen MR) is 73.2 cm³/mol. The van der Waals surface area contributed by atoms with E-state index >= 15 is 0 Å². The zero-order valence-corrected chi connectivity index (χ0v) is 11.3. The molecule has 1 fully saturated rings. The first-order chi connectivity index (χ1) is 9.24. The number of para-hydroxylation sites is 1. The summed E-state index contributed by atoms with van der Waals surface area (Å²) < 4.78 is 5.82. The van der Waals surface area contributed by atoms with Crippen molar-refractivity contribution in [1.29, 1.82) is 0 Å². The van der Waals surface area contributed by atoms with Crippen LogP contribution in [0.5, 0.6) is 5.75 Å². The molecule has 102 valence electrons. The topological polar surface area (TPSA) is 41.6 Å². The maximum Gasteiger partial charge on any atom is 0.236 e. The molecule has 1 aromatic carbocycles. The highest BCUT2D eigenvalue weighted by Crippen LogP contribution is 2.27. The van der Waals surface area contributed by atoms with Crippen molar-refractivity contribution < 1.29 is 9.53 Å². The summed E-state index contributed by atoms with van der Waals surface area (Å²) in [6, 6.07) is 8.61. The largest absolute Gasteiger partial charge is 0.488 e. The highest BCUT2D eigenvalue weighted by atomic mass is 16.5. The lowest BCUT2D eigenvalue weighted by Crippen LogP contribution is -2.40. The number of hydrogen-bond acceptors (Lipinski definition) is 3. The normalized spacial score (nSPS) is 20.8. The summed E-state index contributed by atoms with van der Waals surface area (Å²) in [6.45, 7) is 1.13. The van der Waals surface area contributed by atoms with Gasteiger partial charge >= 0.3 is 0 Å². The molecule has 0 aromatic heterocycles. The highest BCUT2D eigenvalue weighted by molar-refractivity contribution is 5.78.